The summed E-state index contributed by atoms with van der Waals surface area (Å²) in [5.41, 5.74) is 5.61. The van der Waals surface area contributed by atoms with Crippen LogP contribution in [0.3, 0.4) is 0 Å². The molecule has 1 aliphatic carbocycles. The topological polar surface area (TPSA) is 43.1 Å². The Morgan fingerprint density at radius 3 is 2.76 bits per heavy atom. The molecule has 1 fully saturated rings. The van der Waals surface area contributed by atoms with Crippen LogP contribution in [0.1, 0.15) is 19.3 Å². The molecule has 94 valence electrons. The third-order valence-corrected chi connectivity index (χ3v) is 5.21. The number of halogens is 2. The van der Waals surface area contributed by atoms with E-state index in [1.54, 1.807) is 0 Å². The van der Waals surface area contributed by atoms with E-state index in [9.17, 15) is 13.0 Å². The molecule has 2 N–H and O–H groups in total. The monoisotopic (exact) mass is 259 g/mol. The first kappa shape index (κ1) is 12.6. The van der Waals surface area contributed by atoms with Gasteiger partial charge >= 0.3 is 0 Å². The minimum Gasteiger partial charge on any atom is -0.330 e. The molecule has 0 bridgehead atoms. The minimum absolute atomic E-state index is 0.0942. The lowest BCUT2D eigenvalue weighted by atomic mass is 10.1. The van der Waals surface area contributed by atoms with E-state index in [0.29, 0.717) is 6.54 Å². The van der Waals surface area contributed by atoms with Crippen molar-refractivity contribution in [2.45, 2.75) is 29.4 Å². The maximum Gasteiger partial charge on any atom is 0.142 e. The zero-order valence-electron chi connectivity index (χ0n) is 9.36. The molecule has 17 heavy (non-hydrogen) atoms. The summed E-state index contributed by atoms with van der Waals surface area (Å²) in [5, 5.41) is -0.0973. The second-order valence-electron chi connectivity index (χ2n) is 4.34. The second-order valence-corrected chi connectivity index (χ2v) is 5.98. The molecule has 0 aromatic heterocycles. The summed E-state index contributed by atoms with van der Waals surface area (Å²) in [6.07, 6.45) is 2.71. The Kier molecular flexibility index (Phi) is 3.89. The van der Waals surface area contributed by atoms with Crippen molar-refractivity contribution in [3.05, 3.63) is 29.8 Å². The number of rotatable bonds is 3. The standard InChI is InChI=1S/C12H15F2NOS/c13-9-4-5-12(10(14)6-9)17(16)11-3-1-2-8(11)7-15/h4-6,8,11H,1-3,7,15H2. The minimum atomic E-state index is -1.43. The smallest absolute Gasteiger partial charge is 0.142 e. The molecular weight excluding hydrogens is 244 g/mol. The van der Waals surface area contributed by atoms with Crippen LogP contribution < -0.4 is 5.73 Å². The molecule has 1 aromatic rings. The highest BCUT2D eigenvalue weighted by molar-refractivity contribution is 7.85. The summed E-state index contributed by atoms with van der Waals surface area (Å²) in [5.74, 6) is -1.20. The number of hydrogen-bond acceptors (Lipinski definition) is 2. The van der Waals surface area contributed by atoms with Crippen LogP contribution in [0.4, 0.5) is 8.78 Å². The van der Waals surface area contributed by atoms with Gasteiger partial charge in [-0.15, -0.1) is 0 Å². The molecule has 3 unspecified atom stereocenters. The molecule has 5 heteroatoms. The highest BCUT2D eigenvalue weighted by Gasteiger charge is 2.32. The summed E-state index contributed by atoms with van der Waals surface area (Å²) in [7, 11) is -1.43. The van der Waals surface area contributed by atoms with Crippen LogP contribution in [0.15, 0.2) is 23.1 Å². The van der Waals surface area contributed by atoms with Crippen molar-refractivity contribution in [2.75, 3.05) is 6.54 Å². The van der Waals surface area contributed by atoms with Gasteiger partial charge in [0.05, 0.1) is 15.7 Å². The lowest BCUT2D eigenvalue weighted by Crippen LogP contribution is -2.27. The van der Waals surface area contributed by atoms with Gasteiger partial charge in [-0.25, -0.2) is 8.78 Å². The fraction of sp³-hybridized carbons (Fsp3) is 0.500. The normalized spacial score (nSPS) is 26.1. The van der Waals surface area contributed by atoms with E-state index in [4.69, 9.17) is 5.73 Å². The van der Waals surface area contributed by atoms with Gasteiger partial charge in [-0.05, 0) is 37.4 Å². The molecule has 0 radical (unpaired) electrons. The molecule has 0 saturated heterocycles. The molecule has 0 amide bonds. The van der Waals surface area contributed by atoms with Crippen molar-refractivity contribution in [3.8, 4) is 0 Å². The molecule has 1 saturated carbocycles. The van der Waals surface area contributed by atoms with Gasteiger partial charge in [0.15, 0.2) is 0 Å². The molecule has 1 aliphatic rings. The molecule has 2 nitrogen and oxygen atoms in total. The van der Waals surface area contributed by atoms with Crippen LogP contribution in [0, 0.1) is 17.6 Å². The third kappa shape index (κ3) is 2.55. The molecule has 3 atom stereocenters. The van der Waals surface area contributed by atoms with E-state index < -0.39 is 22.4 Å². The second kappa shape index (κ2) is 5.23. The number of nitrogens with two attached hydrogens (primary N) is 1. The lowest BCUT2D eigenvalue weighted by Gasteiger charge is -2.17. The molecule has 0 spiro atoms. The highest BCUT2D eigenvalue weighted by Crippen LogP contribution is 2.32. The number of benzene rings is 1. The Morgan fingerprint density at radius 2 is 2.12 bits per heavy atom. The van der Waals surface area contributed by atoms with E-state index in [-0.39, 0.29) is 16.1 Å². The maximum atomic E-state index is 13.5. The van der Waals surface area contributed by atoms with Crippen molar-refractivity contribution in [1.82, 2.24) is 0 Å². The van der Waals surface area contributed by atoms with Gasteiger partial charge in [0, 0.05) is 11.3 Å². The Labute approximate surface area is 102 Å². The van der Waals surface area contributed by atoms with Crippen LogP contribution >= 0.6 is 0 Å². The fourth-order valence-corrected chi connectivity index (χ4v) is 4.11. The average molecular weight is 259 g/mol. The van der Waals surface area contributed by atoms with Crippen molar-refractivity contribution in [1.29, 1.82) is 0 Å². The van der Waals surface area contributed by atoms with Crippen molar-refractivity contribution >= 4 is 10.8 Å². The Bertz CT molecular complexity index is 439. The zero-order valence-corrected chi connectivity index (χ0v) is 10.2. The van der Waals surface area contributed by atoms with E-state index in [0.717, 1.165) is 31.4 Å². The summed E-state index contributed by atoms with van der Waals surface area (Å²) >= 11 is 0. The van der Waals surface area contributed by atoms with Crippen molar-refractivity contribution < 1.29 is 13.0 Å². The van der Waals surface area contributed by atoms with E-state index >= 15 is 0 Å². The highest BCUT2D eigenvalue weighted by atomic mass is 32.2. The third-order valence-electron chi connectivity index (χ3n) is 3.28. The van der Waals surface area contributed by atoms with Gasteiger partial charge < -0.3 is 5.73 Å². The first-order valence-corrected chi connectivity index (χ1v) is 6.90. The van der Waals surface area contributed by atoms with E-state index in [1.807, 2.05) is 0 Å². The average Bonchev–Trinajstić information content (AvgIpc) is 2.76. The molecule has 2 rings (SSSR count). The Morgan fingerprint density at radius 1 is 1.35 bits per heavy atom. The fourth-order valence-electron chi connectivity index (χ4n) is 2.36. The first-order chi connectivity index (χ1) is 8.13. The summed E-state index contributed by atoms with van der Waals surface area (Å²) in [6.45, 7) is 0.471. The summed E-state index contributed by atoms with van der Waals surface area (Å²) < 4.78 is 38.5. The van der Waals surface area contributed by atoms with Gasteiger partial charge in [0.1, 0.15) is 11.6 Å². The molecule has 0 aliphatic heterocycles. The van der Waals surface area contributed by atoms with Crippen LogP contribution in [-0.2, 0) is 10.8 Å². The van der Waals surface area contributed by atoms with Crippen LogP contribution in [0.5, 0.6) is 0 Å². The predicted octanol–water partition coefficient (Wildman–Crippen LogP) is 2.20. The SMILES string of the molecule is NCC1CCCC1S(=O)c1ccc(F)cc1F. The largest absolute Gasteiger partial charge is 0.330 e. The summed E-state index contributed by atoms with van der Waals surface area (Å²) in [4.78, 5) is 0.0942. The van der Waals surface area contributed by atoms with Gasteiger partial charge in [0.2, 0.25) is 0 Å². The van der Waals surface area contributed by atoms with E-state index in [2.05, 4.69) is 0 Å². The maximum absolute atomic E-state index is 13.5. The number of hydrogen-bond donors (Lipinski definition) is 1. The van der Waals surface area contributed by atoms with Gasteiger partial charge in [0.25, 0.3) is 0 Å². The molecule has 0 heterocycles. The van der Waals surface area contributed by atoms with Crippen LogP contribution in [0.25, 0.3) is 0 Å². The van der Waals surface area contributed by atoms with E-state index in [1.165, 1.54) is 6.07 Å². The molecule has 1 aromatic carbocycles. The van der Waals surface area contributed by atoms with Crippen LogP contribution in [0.2, 0.25) is 0 Å². The predicted molar refractivity (Wildman–Crippen MR) is 62.9 cm³/mol. The van der Waals surface area contributed by atoms with Crippen LogP contribution in [-0.4, -0.2) is 16.0 Å². The molecular formula is C12H15F2NOS. The summed E-state index contributed by atoms with van der Waals surface area (Å²) in [6, 6.07) is 3.19. The zero-order chi connectivity index (χ0) is 12.4. The Hall–Kier alpha value is -0.810. The van der Waals surface area contributed by atoms with Crippen molar-refractivity contribution in [3.63, 3.8) is 0 Å². The van der Waals surface area contributed by atoms with Gasteiger partial charge in [-0.3, -0.25) is 4.21 Å². The quantitative estimate of drug-likeness (QED) is 0.904. The first-order valence-electron chi connectivity index (χ1n) is 5.69. The Balaban J connectivity index is 2.24. The van der Waals surface area contributed by atoms with Crippen molar-refractivity contribution in [2.24, 2.45) is 11.7 Å². The van der Waals surface area contributed by atoms with Gasteiger partial charge in [-0.2, -0.15) is 0 Å². The van der Waals surface area contributed by atoms with Gasteiger partial charge in [-0.1, -0.05) is 6.42 Å². The lowest BCUT2D eigenvalue weighted by molar-refractivity contribution is 0.544.